The third-order valence-electron chi connectivity index (χ3n) is 3.09. The number of halogens is 1. The van der Waals surface area contributed by atoms with Crippen molar-refractivity contribution < 1.29 is 14.8 Å². The van der Waals surface area contributed by atoms with Crippen LogP contribution in [0.5, 0.6) is 5.75 Å². The van der Waals surface area contributed by atoms with Crippen LogP contribution in [0.1, 0.15) is 16.7 Å². The van der Waals surface area contributed by atoms with Crippen LogP contribution >= 0.6 is 11.6 Å². The van der Waals surface area contributed by atoms with Crippen LogP contribution in [0.3, 0.4) is 0 Å². The Kier molecular flexibility index (Phi) is 4.71. The van der Waals surface area contributed by atoms with E-state index in [1.165, 1.54) is 0 Å². The molecule has 3 nitrogen and oxygen atoms in total. The SMILES string of the molecule is Cc1cc(Cl)cc(C)c1OCc1ccc(B(O)O)cc1. The number of aryl methyl sites for hydroxylation is 2. The molecule has 0 saturated heterocycles. The van der Waals surface area contributed by atoms with Gasteiger partial charge in [0.05, 0.1) is 0 Å². The van der Waals surface area contributed by atoms with Crippen molar-refractivity contribution in [3.8, 4) is 5.75 Å². The highest BCUT2D eigenvalue weighted by Gasteiger charge is 2.10. The van der Waals surface area contributed by atoms with Gasteiger partial charge in [-0.25, -0.2) is 0 Å². The van der Waals surface area contributed by atoms with Crippen LogP contribution in [-0.2, 0) is 6.61 Å². The molecule has 0 atom stereocenters. The standard InChI is InChI=1S/C15H16BClO3/c1-10-7-14(17)8-11(2)15(10)20-9-12-3-5-13(6-4-12)16(18)19/h3-8,18-19H,9H2,1-2H3. The van der Waals surface area contributed by atoms with E-state index in [9.17, 15) is 0 Å². The quantitative estimate of drug-likeness (QED) is 0.849. The molecule has 2 aromatic carbocycles. The van der Waals surface area contributed by atoms with Crippen LogP contribution in [0, 0.1) is 13.8 Å². The monoisotopic (exact) mass is 290 g/mol. The molecule has 0 aliphatic rings. The molecule has 0 heterocycles. The second-order valence-corrected chi connectivity index (χ2v) is 5.21. The molecule has 0 spiro atoms. The van der Waals surface area contributed by atoms with Crippen molar-refractivity contribution in [3.05, 3.63) is 58.1 Å². The van der Waals surface area contributed by atoms with Crippen LogP contribution in [-0.4, -0.2) is 17.2 Å². The first kappa shape index (κ1) is 14.9. The third kappa shape index (κ3) is 3.54. The van der Waals surface area contributed by atoms with Crippen LogP contribution in [0.2, 0.25) is 5.02 Å². The normalized spacial score (nSPS) is 10.4. The summed E-state index contributed by atoms with van der Waals surface area (Å²) in [5, 5.41) is 18.8. The lowest BCUT2D eigenvalue weighted by molar-refractivity contribution is 0.302. The lowest BCUT2D eigenvalue weighted by atomic mass is 9.80. The van der Waals surface area contributed by atoms with E-state index in [0.717, 1.165) is 22.4 Å². The molecule has 0 saturated carbocycles. The molecule has 20 heavy (non-hydrogen) atoms. The van der Waals surface area contributed by atoms with E-state index in [-0.39, 0.29) is 0 Å². The molecule has 2 rings (SSSR count). The lowest BCUT2D eigenvalue weighted by Crippen LogP contribution is -2.29. The Morgan fingerprint density at radius 3 is 2.10 bits per heavy atom. The van der Waals surface area contributed by atoms with Gasteiger partial charge in [0.1, 0.15) is 12.4 Å². The van der Waals surface area contributed by atoms with Gasteiger partial charge in [0.15, 0.2) is 0 Å². The topological polar surface area (TPSA) is 49.7 Å². The molecule has 0 aliphatic carbocycles. The molecule has 104 valence electrons. The summed E-state index contributed by atoms with van der Waals surface area (Å²) in [6.07, 6.45) is 0. The van der Waals surface area contributed by atoms with Gasteiger partial charge in [0.2, 0.25) is 0 Å². The lowest BCUT2D eigenvalue weighted by Gasteiger charge is -2.13. The van der Waals surface area contributed by atoms with E-state index < -0.39 is 7.12 Å². The van der Waals surface area contributed by atoms with Crippen molar-refractivity contribution in [2.24, 2.45) is 0 Å². The fourth-order valence-electron chi connectivity index (χ4n) is 2.07. The second kappa shape index (κ2) is 6.31. The van der Waals surface area contributed by atoms with E-state index in [1.54, 1.807) is 12.1 Å². The molecule has 5 heteroatoms. The molecule has 0 unspecified atom stereocenters. The smallest absolute Gasteiger partial charge is 0.488 e. The minimum Gasteiger partial charge on any atom is -0.488 e. The summed E-state index contributed by atoms with van der Waals surface area (Å²) < 4.78 is 5.83. The van der Waals surface area contributed by atoms with Crippen molar-refractivity contribution in [2.45, 2.75) is 20.5 Å². The van der Waals surface area contributed by atoms with Crippen LogP contribution in [0.25, 0.3) is 0 Å². The molecule has 0 bridgehead atoms. The Labute approximate surface area is 123 Å². The minimum atomic E-state index is -1.44. The Bertz CT molecular complexity index is 574. The summed E-state index contributed by atoms with van der Waals surface area (Å²) in [4.78, 5) is 0. The maximum absolute atomic E-state index is 9.03. The summed E-state index contributed by atoms with van der Waals surface area (Å²) in [7, 11) is -1.44. The summed E-state index contributed by atoms with van der Waals surface area (Å²) in [5.41, 5.74) is 3.42. The molecule has 0 aromatic heterocycles. The van der Waals surface area contributed by atoms with Crippen LogP contribution in [0.4, 0.5) is 0 Å². The van der Waals surface area contributed by atoms with Gasteiger partial charge in [-0.15, -0.1) is 0 Å². The zero-order valence-corrected chi connectivity index (χ0v) is 12.2. The summed E-state index contributed by atoms with van der Waals surface area (Å²) >= 11 is 5.98. The van der Waals surface area contributed by atoms with Crippen LogP contribution in [0.15, 0.2) is 36.4 Å². The van der Waals surface area contributed by atoms with Gasteiger partial charge in [-0.3, -0.25) is 0 Å². The molecule has 0 fully saturated rings. The molecule has 2 N–H and O–H groups in total. The van der Waals surface area contributed by atoms with Gasteiger partial charge >= 0.3 is 7.12 Å². The zero-order chi connectivity index (χ0) is 14.7. The Morgan fingerprint density at radius 1 is 1.05 bits per heavy atom. The Morgan fingerprint density at radius 2 is 1.60 bits per heavy atom. The predicted octanol–water partition coefficient (Wildman–Crippen LogP) is 2.22. The van der Waals surface area contributed by atoms with Gasteiger partial charge in [-0.05, 0) is 48.1 Å². The Balaban J connectivity index is 2.09. The van der Waals surface area contributed by atoms with E-state index in [0.29, 0.717) is 17.1 Å². The number of ether oxygens (including phenoxy) is 1. The Hall–Kier alpha value is -1.49. The van der Waals surface area contributed by atoms with Gasteiger partial charge in [-0.1, -0.05) is 35.9 Å². The number of hydrogen-bond donors (Lipinski definition) is 2. The largest absolute Gasteiger partial charge is 0.488 e. The third-order valence-corrected chi connectivity index (χ3v) is 3.30. The molecule has 0 amide bonds. The fraction of sp³-hybridized carbons (Fsp3) is 0.200. The van der Waals surface area contributed by atoms with Gasteiger partial charge in [0.25, 0.3) is 0 Å². The number of hydrogen-bond acceptors (Lipinski definition) is 3. The first-order valence-electron chi connectivity index (χ1n) is 6.32. The van der Waals surface area contributed by atoms with E-state index in [4.69, 9.17) is 26.4 Å². The van der Waals surface area contributed by atoms with Gasteiger partial charge < -0.3 is 14.8 Å². The fourth-order valence-corrected chi connectivity index (χ4v) is 2.39. The highest BCUT2D eigenvalue weighted by molar-refractivity contribution is 6.58. The maximum Gasteiger partial charge on any atom is 0.488 e. The van der Waals surface area contributed by atoms with Crippen molar-refractivity contribution in [1.29, 1.82) is 0 Å². The molecular formula is C15H16BClO3. The van der Waals surface area contributed by atoms with E-state index >= 15 is 0 Å². The first-order valence-corrected chi connectivity index (χ1v) is 6.69. The van der Waals surface area contributed by atoms with Crippen LogP contribution < -0.4 is 10.2 Å². The minimum absolute atomic E-state index is 0.422. The maximum atomic E-state index is 9.03. The van der Waals surface area contributed by atoms with E-state index in [2.05, 4.69) is 0 Å². The van der Waals surface area contributed by atoms with Crippen molar-refractivity contribution in [1.82, 2.24) is 0 Å². The predicted molar refractivity (Wildman–Crippen MR) is 81.5 cm³/mol. The summed E-state index contributed by atoms with van der Waals surface area (Å²) in [6.45, 7) is 4.34. The zero-order valence-electron chi connectivity index (χ0n) is 11.4. The van der Waals surface area contributed by atoms with E-state index in [1.807, 2.05) is 38.1 Å². The summed E-state index contributed by atoms with van der Waals surface area (Å²) in [5.74, 6) is 0.834. The highest BCUT2D eigenvalue weighted by atomic mass is 35.5. The molecular weight excluding hydrogens is 274 g/mol. The summed E-state index contributed by atoms with van der Waals surface area (Å²) in [6, 6.07) is 10.7. The highest BCUT2D eigenvalue weighted by Crippen LogP contribution is 2.27. The average molecular weight is 291 g/mol. The average Bonchev–Trinajstić information content (AvgIpc) is 2.38. The van der Waals surface area contributed by atoms with Gasteiger partial charge in [-0.2, -0.15) is 0 Å². The molecule has 0 radical (unpaired) electrons. The number of rotatable bonds is 4. The number of benzene rings is 2. The second-order valence-electron chi connectivity index (χ2n) is 4.77. The molecule has 0 aliphatic heterocycles. The van der Waals surface area contributed by atoms with Gasteiger partial charge in [0, 0.05) is 5.02 Å². The van der Waals surface area contributed by atoms with Crippen molar-refractivity contribution in [2.75, 3.05) is 0 Å². The first-order chi connectivity index (χ1) is 9.47. The van der Waals surface area contributed by atoms with Crippen molar-refractivity contribution in [3.63, 3.8) is 0 Å². The molecule has 2 aromatic rings. The van der Waals surface area contributed by atoms with Crippen molar-refractivity contribution >= 4 is 24.2 Å².